The van der Waals surface area contributed by atoms with Crippen molar-refractivity contribution < 1.29 is 9.53 Å². The summed E-state index contributed by atoms with van der Waals surface area (Å²) < 4.78 is 5.25. The molecule has 3 nitrogen and oxygen atoms in total. The lowest BCUT2D eigenvalue weighted by atomic mass is 10.2. The highest BCUT2D eigenvalue weighted by Gasteiger charge is 2.23. The predicted octanol–water partition coefficient (Wildman–Crippen LogP) is 2.70. The van der Waals surface area contributed by atoms with Gasteiger partial charge in [-0.1, -0.05) is 12.2 Å². The molecule has 1 unspecified atom stereocenters. The van der Waals surface area contributed by atoms with Crippen LogP contribution in [0.2, 0.25) is 0 Å². The summed E-state index contributed by atoms with van der Waals surface area (Å²) >= 11 is 0. The number of nitrogens with zero attached hydrogens (tertiary/aromatic N) is 1. The number of rotatable bonds is 0. The molecular weight excluding hydrogens is 178 g/mol. The monoisotopic (exact) mass is 195 g/mol. The summed E-state index contributed by atoms with van der Waals surface area (Å²) in [4.78, 5) is 13.2. The van der Waals surface area contributed by atoms with Crippen molar-refractivity contribution in [3.8, 4) is 0 Å². The fraction of sp³-hybridized carbons (Fsp3) is 0.545. The zero-order valence-electron chi connectivity index (χ0n) is 9.15. The first-order valence-corrected chi connectivity index (χ1v) is 4.76. The Kier molecular flexibility index (Phi) is 2.99. The Morgan fingerprint density at radius 3 is 2.50 bits per heavy atom. The number of ether oxygens (including phenoxy) is 1. The first kappa shape index (κ1) is 10.8. The van der Waals surface area contributed by atoms with Gasteiger partial charge in [-0.3, -0.25) is 4.90 Å². The molecule has 0 fully saturated rings. The molecule has 0 saturated carbocycles. The average Bonchev–Trinajstić information content (AvgIpc) is 2.01. The Morgan fingerprint density at radius 1 is 1.36 bits per heavy atom. The van der Waals surface area contributed by atoms with Gasteiger partial charge >= 0.3 is 6.09 Å². The SMILES string of the molecule is CC1C=CC=CN1C(=O)OC(C)(C)C. The Hall–Kier alpha value is -1.25. The fourth-order valence-electron chi connectivity index (χ4n) is 1.14. The second-order valence-corrected chi connectivity index (χ2v) is 4.35. The van der Waals surface area contributed by atoms with Crippen LogP contribution in [-0.4, -0.2) is 22.6 Å². The van der Waals surface area contributed by atoms with Crippen molar-refractivity contribution in [1.82, 2.24) is 4.90 Å². The van der Waals surface area contributed by atoms with Crippen LogP contribution < -0.4 is 0 Å². The van der Waals surface area contributed by atoms with Gasteiger partial charge in [-0.2, -0.15) is 0 Å². The van der Waals surface area contributed by atoms with Gasteiger partial charge in [-0.25, -0.2) is 4.79 Å². The molecule has 1 aliphatic rings. The largest absolute Gasteiger partial charge is 0.443 e. The van der Waals surface area contributed by atoms with E-state index in [-0.39, 0.29) is 12.1 Å². The van der Waals surface area contributed by atoms with Crippen molar-refractivity contribution in [3.63, 3.8) is 0 Å². The van der Waals surface area contributed by atoms with Gasteiger partial charge in [-0.05, 0) is 33.8 Å². The van der Waals surface area contributed by atoms with Gasteiger partial charge < -0.3 is 4.74 Å². The number of hydrogen-bond acceptors (Lipinski definition) is 2. The van der Waals surface area contributed by atoms with E-state index < -0.39 is 5.60 Å². The molecule has 0 saturated heterocycles. The van der Waals surface area contributed by atoms with Crippen LogP contribution in [-0.2, 0) is 4.74 Å². The van der Waals surface area contributed by atoms with Crippen LogP contribution >= 0.6 is 0 Å². The lowest BCUT2D eigenvalue weighted by molar-refractivity contribution is 0.0305. The van der Waals surface area contributed by atoms with Crippen LogP contribution in [0.15, 0.2) is 24.4 Å². The molecule has 1 heterocycles. The highest BCUT2D eigenvalue weighted by Crippen LogP contribution is 2.14. The predicted molar refractivity (Wildman–Crippen MR) is 55.8 cm³/mol. The summed E-state index contributed by atoms with van der Waals surface area (Å²) in [5, 5.41) is 0. The van der Waals surface area contributed by atoms with E-state index >= 15 is 0 Å². The Morgan fingerprint density at radius 2 is 2.00 bits per heavy atom. The minimum atomic E-state index is -0.439. The van der Waals surface area contributed by atoms with Crippen molar-refractivity contribution in [2.24, 2.45) is 0 Å². The quantitative estimate of drug-likeness (QED) is 0.594. The first-order chi connectivity index (χ1) is 6.40. The van der Waals surface area contributed by atoms with E-state index in [0.717, 1.165) is 0 Å². The summed E-state index contributed by atoms with van der Waals surface area (Å²) in [6.07, 6.45) is 7.13. The molecule has 0 aromatic carbocycles. The van der Waals surface area contributed by atoms with Crippen LogP contribution in [0.5, 0.6) is 0 Å². The Labute approximate surface area is 85.0 Å². The maximum Gasteiger partial charge on any atom is 0.414 e. The molecule has 1 aliphatic heterocycles. The molecule has 1 amide bonds. The molecule has 0 aliphatic carbocycles. The average molecular weight is 195 g/mol. The van der Waals surface area contributed by atoms with Crippen molar-refractivity contribution >= 4 is 6.09 Å². The fourth-order valence-corrected chi connectivity index (χ4v) is 1.14. The Bertz CT molecular complexity index is 274. The van der Waals surface area contributed by atoms with Crippen LogP contribution in [0.4, 0.5) is 4.79 Å². The zero-order valence-corrected chi connectivity index (χ0v) is 9.15. The smallest absolute Gasteiger partial charge is 0.414 e. The van der Waals surface area contributed by atoms with Crippen molar-refractivity contribution in [1.29, 1.82) is 0 Å². The standard InChI is InChI=1S/C11H17NO2/c1-9-7-5-6-8-12(9)10(13)14-11(2,3)4/h5-9H,1-4H3. The number of allylic oxidation sites excluding steroid dienone is 2. The van der Waals surface area contributed by atoms with Crippen molar-refractivity contribution in [2.75, 3.05) is 0 Å². The van der Waals surface area contributed by atoms with Crippen LogP contribution in [0.1, 0.15) is 27.7 Å². The van der Waals surface area contributed by atoms with Crippen LogP contribution in [0.3, 0.4) is 0 Å². The Balaban J connectivity index is 2.62. The lowest BCUT2D eigenvalue weighted by Crippen LogP contribution is -2.38. The highest BCUT2D eigenvalue weighted by atomic mass is 16.6. The van der Waals surface area contributed by atoms with Gasteiger partial charge in [0, 0.05) is 6.20 Å². The summed E-state index contributed by atoms with van der Waals surface area (Å²) in [7, 11) is 0. The molecule has 3 heteroatoms. The summed E-state index contributed by atoms with van der Waals surface area (Å²) in [5.41, 5.74) is -0.439. The third-order valence-electron chi connectivity index (χ3n) is 1.79. The zero-order chi connectivity index (χ0) is 10.8. The van der Waals surface area contributed by atoms with E-state index in [1.165, 1.54) is 0 Å². The molecule has 1 rings (SSSR count). The highest BCUT2D eigenvalue weighted by molar-refractivity contribution is 5.70. The van der Waals surface area contributed by atoms with E-state index in [4.69, 9.17) is 4.74 Å². The van der Waals surface area contributed by atoms with Gasteiger partial charge in [0.2, 0.25) is 0 Å². The van der Waals surface area contributed by atoms with Gasteiger partial charge in [0.15, 0.2) is 0 Å². The van der Waals surface area contributed by atoms with Crippen LogP contribution in [0, 0.1) is 0 Å². The lowest BCUT2D eigenvalue weighted by Gasteiger charge is -2.28. The summed E-state index contributed by atoms with van der Waals surface area (Å²) in [5.74, 6) is 0. The van der Waals surface area contributed by atoms with Gasteiger partial charge in [-0.15, -0.1) is 0 Å². The minimum absolute atomic E-state index is 0.0647. The van der Waals surface area contributed by atoms with Gasteiger partial charge in [0.25, 0.3) is 0 Å². The van der Waals surface area contributed by atoms with Gasteiger partial charge in [0.05, 0.1) is 6.04 Å². The molecule has 0 N–H and O–H groups in total. The summed E-state index contributed by atoms with van der Waals surface area (Å²) in [6, 6.07) is 0.0647. The molecule has 0 spiro atoms. The third-order valence-corrected chi connectivity index (χ3v) is 1.79. The molecule has 0 aromatic heterocycles. The maximum absolute atomic E-state index is 11.6. The van der Waals surface area contributed by atoms with E-state index in [1.54, 1.807) is 11.1 Å². The van der Waals surface area contributed by atoms with E-state index in [2.05, 4.69) is 0 Å². The molecule has 14 heavy (non-hydrogen) atoms. The van der Waals surface area contributed by atoms with E-state index in [1.807, 2.05) is 45.9 Å². The number of carbonyl (C=O) groups is 1. The number of hydrogen-bond donors (Lipinski definition) is 0. The molecule has 0 bridgehead atoms. The molecule has 0 aromatic rings. The number of amides is 1. The van der Waals surface area contributed by atoms with Crippen molar-refractivity contribution in [3.05, 3.63) is 24.4 Å². The van der Waals surface area contributed by atoms with E-state index in [9.17, 15) is 4.79 Å². The van der Waals surface area contributed by atoms with Crippen molar-refractivity contribution in [2.45, 2.75) is 39.3 Å². The van der Waals surface area contributed by atoms with E-state index in [0.29, 0.717) is 0 Å². The molecular formula is C11H17NO2. The topological polar surface area (TPSA) is 29.5 Å². The maximum atomic E-state index is 11.6. The molecule has 1 atom stereocenters. The molecule has 78 valence electrons. The second-order valence-electron chi connectivity index (χ2n) is 4.35. The first-order valence-electron chi connectivity index (χ1n) is 4.76. The van der Waals surface area contributed by atoms with Crippen LogP contribution in [0.25, 0.3) is 0 Å². The third kappa shape index (κ3) is 2.91. The van der Waals surface area contributed by atoms with Gasteiger partial charge in [0.1, 0.15) is 5.60 Å². The number of carbonyl (C=O) groups excluding carboxylic acids is 1. The normalized spacial score (nSPS) is 21.1. The molecule has 0 radical (unpaired) electrons. The summed E-state index contributed by atoms with van der Waals surface area (Å²) in [6.45, 7) is 7.53. The minimum Gasteiger partial charge on any atom is -0.443 e. The second kappa shape index (κ2) is 3.86.